The fraction of sp³-hybridized carbons (Fsp3) is 0.120. The van der Waals surface area contributed by atoms with Crippen LogP contribution < -0.4 is 21.3 Å². The van der Waals surface area contributed by atoms with Crippen molar-refractivity contribution in [1.29, 1.82) is 0 Å². The van der Waals surface area contributed by atoms with Crippen molar-refractivity contribution >= 4 is 52.3 Å². The van der Waals surface area contributed by atoms with E-state index in [2.05, 4.69) is 10.6 Å². The lowest BCUT2D eigenvalue weighted by Gasteiger charge is -2.26. The summed E-state index contributed by atoms with van der Waals surface area (Å²) in [6.45, 7) is 0.904. The zero-order chi connectivity index (χ0) is 24.9. The fourth-order valence-corrected chi connectivity index (χ4v) is 3.61. The van der Waals surface area contributed by atoms with Crippen LogP contribution in [0.5, 0.6) is 0 Å². The number of amides is 4. The summed E-state index contributed by atoms with van der Waals surface area (Å²) in [5, 5.41) is 5.91. The molecule has 0 spiro atoms. The van der Waals surface area contributed by atoms with Gasteiger partial charge in [0.05, 0.1) is 18.0 Å². The van der Waals surface area contributed by atoms with Gasteiger partial charge in [-0.25, -0.2) is 0 Å². The lowest BCUT2D eigenvalue weighted by Crippen LogP contribution is -2.41. The van der Waals surface area contributed by atoms with Crippen molar-refractivity contribution in [3.8, 4) is 0 Å². The summed E-state index contributed by atoms with van der Waals surface area (Å²) in [7, 11) is 0. The van der Waals surface area contributed by atoms with E-state index in [0.717, 1.165) is 0 Å². The van der Waals surface area contributed by atoms with Gasteiger partial charge in [-0.1, -0.05) is 11.6 Å². The van der Waals surface area contributed by atoms with Gasteiger partial charge in [-0.3, -0.25) is 19.2 Å². The summed E-state index contributed by atoms with van der Waals surface area (Å²) in [6, 6.07) is 17.1. The Morgan fingerprint density at radius 1 is 0.829 bits per heavy atom. The Kier molecular flexibility index (Phi) is 7.09. The Balaban J connectivity index is 1.54. The first-order valence-electron chi connectivity index (χ1n) is 10.6. The number of nitrogens with one attached hydrogen (secondary N) is 2. The number of carbonyl (C=O) groups is 4. The van der Waals surface area contributed by atoms with Crippen LogP contribution in [0.4, 0.5) is 17.1 Å². The van der Waals surface area contributed by atoms with E-state index < -0.39 is 17.7 Å². The van der Waals surface area contributed by atoms with E-state index in [1.54, 1.807) is 53.4 Å². The number of carbonyl (C=O) groups excluding carboxylic acids is 4. The topological polar surface area (TPSA) is 131 Å². The summed E-state index contributed by atoms with van der Waals surface area (Å²) < 4.78 is 5.14. The molecule has 3 aromatic rings. The first kappa shape index (κ1) is 23.9. The second kappa shape index (κ2) is 10.4. The molecule has 4 amide bonds. The second-order valence-corrected chi connectivity index (χ2v) is 8.12. The van der Waals surface area contributed by atoms with E-state index in [1.807, 2.05) is 0 Å². The average Bonchev–Trinajstić information content (AvgIpc) is 2.85. The van der Waals surface area contributed by atoms with Crippen LogP contribution in [0, 0.1) is 0 Å². The van der Waals surface area contributed by atoms with Crippen molar-refractivity contribution in [1.82, 2.24) is 0 Å². The number of benzene rings is 3. The molecule has 9 nitrogen and oxygen atoms in total. The maximum atomic E-state index is 12.9. The number of ether oxygens (including phenoxy) is 1. The minimum absolute atomic E-state index is 0.0219. The van der Waals surface area contributed by atoms with Crippen molar-refractivity contribution in [3.63, 3.8) is 0 Å². The molecule has 3 aromatic carbocycles. The predicted octanol–water partition coefficient (Wildman–Crippen LogP) is 3.31. The van der Waals surface area contributed by atoms with Gasteiger partial charge in [0.15, 0.2) is 0 Å². The van der Waals surface area contributed by atoms with E-state index in [1.165, 1.54) is 18.2 Å². The summed E-state index contributed by atoms with van der Waals surface area (Å²) in [6.07, 6.45) is 0. The zero-order valence-electron chi connectivity index (χ0n) is 18.4. The van der Waals surface area contributed by atoms with Crippen LogP contribution in [0.2, 0.25) is 5.02 Å². The third-order valence-corrected chi connectivity index (χ3v) is 5.59. The average molecular weight is 493 g/mol. The summed E-state index contributed by atoms with van der Waals surface area (Å²) in [4.78, 5) is 50.9. The highest BCUT2D eigenvalue weighted by molar-refractivity contribution is 6.30. The van der Waals surface area contributed by atoms with Crippen molar-refractivity contribution in [2.75, 3.05) is 35.3 Å². The van der Waals surface area contributed by atoms with E-state index in [-0.39, 0.29) is 29.5 Å². The molecule has 4 rings (SSSR count). The quantitative estimate of drug-likeness (QED) is 0.486. The molecule has 0 atom stereocenters. The van der Waals surface area contributed by atoms with Crippen molar-refractivity contribution in [2.24, 2.45) is 5.73 Å². The van der Waals surface area contributed by atoms with Crippen molar-refractivity contribution in [2.45, 2.75) is 0 Å². The van der Waals surface area contributed by atoms with Crippen LogP contribution in [0.15, 0.2) is 66.7 Å². The van der Waals surface area contributed by atoms with Crippen LogP contribution in [0.3, 0.4) is 0 Å². The number of nitrogens with zero attached hydrogens (tertiary/aromatic N) is 1. The van der Waals surface area contributed by atoms with Crippen molar-refractivity contribution in [3.05, 3.63) is 88.4 Å². The molecule has 1 aliphatic heterocycles. The Morgan fingerprint density at radius 3 is 2.00 bits per heavy atom. The number of morpholine rings is 1. The molecule has 10 heteroatoms. The molecule has 35 heavy (non-hydrogen) atoms. The van der Waals surface area contributed by atoms with Gasteiger partial charge >= 0.3 is 0 Å². The monoisotopic (exact) mass is 492 g/mol. The lowest BCUT2D eigenvalue weighted by molar-refractivity contribution is -0.125. The van der Waals surface area contributed by atoms with Gasteiger partial charge in [0, 0.05) is 33.9 Å². The molecule has 0 aliphatic carbocycles. The molecule has 1 saturated heterocycles. The highest BCUT2D eigenvalue weighted by atomic mass is 35.5. The minimum Gasteiger partial charge on any atom is -0.370 e. The number of rotatable bonds is 6. The highest BCUT2D eigenvalue weighted by Gasteiger charge is 2.21. The van der Waals surface area contributed by atoms with Crippen LogP contribution >= 0.6 is 11.6 Å². The third kappa shape index (κ3) is 5.65. The van der Waals surface area contributed by atoms with Gasteiger partial charge in [-0.05, 0) is 66.7 Å². The summed E-state index contributed by atoms with van der Waals surface area (Å²) >= 11 is 5.88. The third-order valence-electron chi connectivity index (χ3n) is 5.33. The molecule has 0 radical (unpaired) electrons. The Morgan fingerprint density at radius 2 is 1.40 bits per heavy atom. The number of hydrogen-bond donors (Lipinski definition) is 3. The molecule has 1 fully saturated rings. The van der Waals surface area contributed by atoms with Gasteiger partial charge in [0.1, 0.15) is 6.61 Å². The first-order chi connectivity index (χ1) is 16.8. The maximum absolute atomic E-state index is 12.9. The summed E-state index contributed by atoms with van der Waals surface area (Å²) in [5.74, 6) is -1.74. The number of hydrogen-bond acceptors (Lipinski definition) is 5. The number of primary amides is 1. The molecule has 178 valence electrons. The molecular weight excluding hydrogens is 472 g/mol. The Hall–Kier alpha value is -4.21. The molecule has 0 bridgehead atoms. The fourth-order valence-electron chi connectivity index (χ4n) is 3.48. The maximum Gasteiger partial charge on any atom is 0.255 e. The van der Waals surface area contributed by atoms with Gasteiger partial charge in [0.2, 0.25) is 5.91 Å². The predicted molar refractivity (Wildman–Crippen MR) is 132 cm³/mol. The SMILES string of the molecule is NC(=O)c1ccc(NC(=O)c2ccc(N3CCOCC3=O)cc2)c(NC(=O)c2ccc(Cl)cc2)c1. The smallest absolute Gasteiger partial charge is 0.255 e. The van der Waals surface area contributed by atoms with E-state index in [9.17, 15) is 19.2 Å². The molecule has 0 aromatic heterocycles. The van der Waals surface area contributed by atoms with Gasteiger partial charge < -0.3 is 26.0 Å². The normalized spacial score (nSPS) is 13.3. The number of nitrogens with two attached hydrogens (primary N) is 1. The van der Waals surface area contributed by atoms with Crippen molar-refractivity contribution < 1.29 is 23.9 Å². The summed E-state index contributed by atoms with van der Waals surface area (Å²) in [5.41, 5.74) is 7.35. The number of halogens is 1. The lowest BCUT2D eigenvalue weighted by atomic mass is 10.1. The van der Waals surface area contributed by atoms with E-state index in [4.69, 9.17) is 22.1 Å². The standard InChI is InChI=1S/C25H21ClN4O5/c26-18-6-1-15(2-7-18)25(34)29-21-13-17(23(27)32)5-10-20(21)28-24(33)16-3-8-19(9-4-16)30-11-12-35-14-22(30)31/h1-10,13H,11-12,14H2,(H2,27,32)(H,28,33)(H,29,34). The van der Waals surface area contributed by atoms with E-state index in [0.29, 0.717) is 35.0 Å². The highest BCUT2D eigenvalue weighted by Crippen LogP contribution is 2.26. The van der Waals surface area contributed by atoms with Crippen LogP contribution in [-0.2, 0) is 9.53 Å². The second-order valence-electron chi connectivity index (χ2n) is 7.68. The van der Waals surface area contributed by atoms with Crippen LogP contribution in [0.25, 0.3) is 0 Å². The van der Waals surface area contributed by atoms with E-state index >= 15 is 0 Å². The van der Waals surface area contributed by atoms with Gasteiger partial charge in [-0.2, -0.15) is 0 Å². The van der Waals surface area contributed by atoms with Gasteiger partial charge in [-0.15, -0.1) is 0 Å². The Bertz CT molecular complexity index is 1290. The molecule has 1 aliphatic rings. The zero-order valence-corrected chi connectivity index (χ0v) is 19.2. The van der Waals surface area contributed by atoms with Crippen LogP contribution in [-0.4, -0.2) is 43.4 Å². The molecule has 0 unspecified atom stereocenters. The molecule has 0 saturated carbocycles. The molecule has 4 N–H and O–H groups in total. The Labute approximate surface area is 205 Å². The van der Waals surface area contributed by atoms with Crippen LogP contribution in [0.1, 0.15) is 31.1 Å². The minimum atomic E-state index is -0.682. The first-order valence-corrected chi connectivity index (χ1v) is 11.0. The largest absolute Gasteiger partial charge is 0.370 e. The van der Waals surface area contributed by atoms with Gasteiger partial charge in [0.25, 0.3) is 17.7 Å². The number of anilines is 3. The molecular formula is C25H21ClN4O5. The molecule has 1 heterocycles.